The van der Waals surface area contributed by atoms with Crippen LogP contribution in [-0.4, -0.2) is 54.6 Å². The molecule has 0 saturated carbocycles. The first-order valence-electron chi connectivity index (χ1n) is 7.40. The summed E-state index contributed by atoms with van der Waals surface area (Å²) in [5, 5.41) is 19.0. The molecule has 0 bridgehead atoms. The van der Waals surface area contributed by atoms with E-state index in [4.69, 9.17) is 9.94 Å². The van der Waals surface area contributed by atoms with Crippen molar-refractivity contribution in [3.63, 3.8) is 0 Å². The van der Waals surface area contributed by atoms with Crippen LogP contribution in [0.5, 0.6) is 5.75 Å². The highest BCUT2D eigenvalue weighted by atomic mass is 32.2. The van der Waals surface area contributed by atoms with Crippen molar-refractivity contribution in [2.24, 2.45) is 0 Å². The zero-order chi connectivity index (χ0) is 18.2. The number of carbonyl (C=O) groups is 1. The average Bonchev–Trinajstić information content (AvgIpc) is 2.54. The van der Waals surface area contributed by atoms with Crippen molar-refractivity contribution < 1.29 is 28.3 Å². The van der Waals surface area contributed by atoms with E-state index in [0.717, 1.165) is 24.6 Å². The Morgan fingerprint density at radius 1 is 1.33 bits per heavy atom. The van der Waals surface area contributed by atoms with Crippen molar-refractivity contribution in [2.75, 3.05) is 24.4 Å². The van der Waals surface area contributed by atoms with Crippen LogP contribution in [0.2, 0.25) is 0 Å². The van der Waals surface area contributed by atoms with Crippen LogP contribution in [0, 0.1) is 0 Å². The van der Waals surface area contributed by atoms with Crippen LogP contribution in [0.1, 0.15) is 19.8 Å². The molecule has 1 unspecified atom stereocenters. The average molecular weight is 377 g/mol. The molecule has 3 N–H and O–H groups in total. The highest BCUT2D eigenvalue weighted by Gasteiger charge is 2.40. The van der Waals surface area contributed by atoms with E-state index in [-0.39, 0.29) is 10.6 Å². The second-order valence-corrected chi connectivity index (χ2v) is 8.19. The van der Waals surface area contributed by atoms with Gasteiger partial charge in [-0.15, -0.1) is 0 Å². The van der Waals surface area contributed by atoms with Crippen molar-refractivity contribution in [2.45, 2.75) is 30.3 Å². The molecule has 7 nitrogen and oxygen atoms in total. The first kappa shape index (κ1) is 20.8. The van der Waals surface area contributed by atoms with Gasteiger partial charge in [0.1, 0.15) is 5.75 Å². The van der Waals surface area contributed by atoms with E-state index in [1.807, 2.05) is 6.92 Å². The predicted molar refractivity (Wildman–Crippen MR) is 92.2 cm³/mol. The van der Waals surface area contributed by atoms with Crippen LogP contribution in [0.3, 0.4) is 0 Å². The smallest absolute Gasteiger partial charge is 0.277 e. The molecule has 1 atom stereocenters. The molecule has 1 amide bonds. The maximum atomic E-state index is 12.4. The number of hydroxylamine groups is 1. The Morgan fingerprint density at radius 3 is 2.46 bits per heavy atom. The first-order chi connectivity index (χ1) is 11.3. The van der Waals surface area contributed by atoms with Gasteiger partial charge in [-0.2, -0.15) is 11.8 Å². The summed E-state index contributed by atoms with van der Waals surface area (Å²) in [6, 6.07) is 5.80. The van der Waals surface area contributed by atoms with Crippen LogP contribution >= 0.6 is 11.8 Å². The monoisotopic (exact) mass is 377 g/mol. The number of carbonyl (C=O) groups excluding carboxylic acids is 1. The highest BCUT2D eigenvalue weighted by molar-refractivity contribution is 7.98. The summed E-state index contributed by atoms with van der Waals surface area (Å²) >= 11 is 1.10. The molecule has 24 heavy (non-hydrogen) atoms. The van der Waals surface area contributed by atoms with E-state index < -0.39 is 27.1 Å². The number of ether oxygens (including phenoxy) is 1. The molecule has 0 aromatic heterocycles. The number of unbranched alkanes of at least 4 members (excludes halogenated alkanes) is 1. The van der Waals surface area contributed by atoms with Gasteiger partial charge in [-0.1, -0.05) is 13.3 Å². The third kappa shape index (κ3) is 5.66. The minimum absolute atomic E-state index is 0.0318. The fraction of sp³-hybridized carbons (Fsp3) is 0.533. The first-order valence-corrected chi connectivity index (χ1v) is 10.4. The second kappa shape index (κ2) is 9.26. The van der Waals surface area contributed by atoms with E-state index in [9.17, 15) is 18.3 Å². The SMILES string of the molecule is CCCCOc1ccc(S(=O)(=O)CC(O)(CSC)C(=O)NO)cc1. The van der Waals surface area contributed by atoms with Gasteiger partial charge < -0.3 is 9.84 Å². The van der Waals surface area contributed by atoms with Crippen LogP contribution in [-0.2, 0) is 14.6 Å². The molecule has 9 heteroatoms. The minimum atomic E-state index is -3.93. The molecule has 0 fully saturated rings. The highest BCUT2D eigenvalue weighted by Crippen LogP contribution is 2.22. The van der Waals surface area contributed by atoms with Gasteiger partial charge in [-0.05, 0) is 36.9 Å². The molecule has 1 rings (SSSR count). The lowest BCUT2D eigenvalue weighted by molar-refractivity contribution is -0.144. The van der Waals surface area contributed by atoms with E-state index in [0.29, 0.717) is 12.4 Å². The molecule has 1 aromatic carbocycles. The van der Waals surface area contributed by atoms with Crippen LogP contribution in [0.25, 0.3) is 0 Å². The van der Waals surface area contributed by atoms with Gasteiger partial charge in [-0.25, -0.2) is 13.9 Å². The number of amides is 1. The Kier molecular flexibility index (Phi) is 8.01. The van der Waals surface area contributed by atoms with Gasteiger partial charge in [0.15, 0.2) is 15.4 Å². The standard InChI is InChI=1S/C15H23NO6S2/c1-3-4-9-22-12-5-7-13(8-6-12)24(20,21)11-15(18,10-23-2)14(17)16-19/h5-8,18-19H,3-4,9-11H2,1-2H3,(H,16,17). The molecule has 0 saturated heterocycles. The number of rotatable bonds is 10. The predicted octanol–water partition coefficient (Wildman–Crippen LogP) is 1.24. The Balaban J connectivity index is 2.92. The van der Waals surface area contributed by atoms with Gasteiger partial charge in [0, 0.05) is 5.75 Å². The zero-order valence-corrected chi connectivity index (χ0v) is 15.3. The van der Waals surface area contributed by atoms with Crippen LogP contribution in [0.15, 0.2) is 29.2 Å². The lowest BCUT2D eigenvalue weighted by Gasteiger charge is -2.24. The maximum Gasteiger partial charge on any atom is 0.277 e. The van der Waals surface area contributed by atoms with E-state index in [2.05, 4.69) is 0 Å². The number of hydrogen-bond donors (Lipinski definition) is 3. The van der Waals surface area contributed by atoms with E-state index >= 15 is 0 Å². The van der Waals surface area contributed by atoms with E-state index in [1.54, 1.807) is 6.26 Å². The van der Waals surface area contributed by atoms with E-state index in [1.165, 1.54) is 29.7 Å². The number of aliphatic hydroxyl groups is 1. The van der Waals surface area contributed by atoms with Crippen LogP contribution in [0.4, 0.5) is 0 Å². The second-order valence-electron chi connectivity index (χ2n) is 5.34. The molecule has 1 aromatic rings. The fourth-order valence-corrected chi connectivity index (χ4v) is 4.41. The normalized spacial score (nSPS) is 14.0. The van der Waals surface area contributed by atoms with Crippen LogP contribution < -0.4 is 10.2 Å². The number of hydrogen-bond acceptors (Lipinski definition) is 7. The third-order valence-electron chi connectivity index (χ3n) is 3.29. The number of sulfone groups is 1. The number of thioether (sulfide) groups is 1. The summed E-state index contributed by atoms with van der Waals surface area (Å²) in [4.78, 5) is 11.6. The molecule has 0 aliphatic carbocycles. The van der Waals surface area contributed by atoms with Crippen molar-refractivity contribution in [1.29, 1.82) is 0 Å². The largest absolute Gasteiger partial charge is 0.494 e. The molecule has 136 valence electrons. The van der Waals surface area contributed by atoms with Crippen molar-refractivity contribution in [1.82, 2.24) is 5.48 Å². The third-order valence-corrected chi connectivity index (χ3v) is 5.90. The summed E-state index contributed by atoms with van der Waals surface area (Å²) in [5.41, 5.74) is -0.903. The molecule has 0 spiro atoms. The molecule has 0 aliphatic heterocycles. The van der Waals surface area contributed by atoms with Gasteiger partial charge in [0.05, 0.1) is 17.3 Å². The summed E-state index contributed by atoms with van der Waals surface area (Å²) in [6.45, 7) is 2.59. The Bertz CT molecular complexity index is 632. The summed E-state index contributed by atoms with van der Waals surface area (Å²) in [7, 11) is -3.93. The quantitative estimate of drug-likeness (QED) is 0.319. The van der Waals surface area contributed by atoms with Gasteiger partial charge >= 0.3 is 0 Å². The Labute approximate surface area is 146 Å². The zero-order valence-electron chi connectivity index (χ0n) is 13.7. The van der Waals surface area contributed by atoms with Gasteiger partial charge in [0.2, 0.25) is 0 Å². The summed E-state index contributed by atoms with van der Waals surface area (Å²) < 4.78 is 30.4. The number of nitrogens with one attached hydrogen (secondary N) is 1. The summed E-state index contributed by atoms with van der Waals surface area (Å²) in [5.74, 6) is -1.60. The molecule has 0 heterocycles. The Morgan fingerprint density at radius 2 is 1.96 bits per heavy atom. The topological polar surface area (TPSA) is 113 Å². The van der Waals surface area contributed by atoms with Gasteiger partial charge in [0.25, 0.3) is 5.91 Å². The lowest BCUT2D eigenvalue weighted by Crippen LogP contribution is -2.52. The van der Waals surface area contributed by atoms with Gasteiger partial charge in [-0.3, -0.25) is 10.0 Å². The van der Waals surface area contributed by atoms with Crippen molar-refractivity contribution in [3.05, 3.63) is 24.3 Å². The molecule has 0 aliphatic rings. The summed E-state index contributed by atoms with van der Waals surface area (Å²) in [6.07, 6.45) is 3.51. The molecular formula is C15H23NO6S2. The lowest BCUT2D eigenvalue weighted by atomic mass is 10.1. The molecule has 0 radical (unpaired) electrons. The molecular weight excluding hydrogens is 354 g/mol. The van der Waals surface area contributed by atoms with Crippen molar-refractivity contribution >= 4 is 27.5 Å². The number of benzene rings is 1. The van der Waals surface area contributed by atoms with Crippen molar-refractivity contribution in [3.8, 4) is 5.75 Å². The fourth-order valence-electron chi connectivity index (χ4n) is 1.99. The maximum absolute atomic E-state index is 12.4. The Hall–Kier alpha value is -1.29. The minimum Gasteiger partial charge on any atom is -0.494 e.